The standard InChI is InChI=1S/C15H20N2O4/c1-15(2,3)17-14(20)16-11-9-10(6-8-13(18)19)5-7-12(11)21-4/h5-9H,1-4H3,(H,18,19)(H2,16,17,20). The minimum absolute atomic E-state index is 0.361. The Morgan fingerprint density at radius 1 is 1.29 bits per heavy atom. The lowest BCUT2D eigenvalue weighted by atomic mass is 10.1. The van der Waals surface area contributed by atoms with E-state index in [1.165, 1.54) is 13.2 Å². The molecule has 0 aliphatic rings. The van der Waals surface area contributed by atoms with E-state index in [-0.39, 0.29) is 11.6 Å². The molecule has 1 aromatic carbocycles. The summed E-state index contributed by atoms with van der Waals surface area (Å²) in [6.07, 6.45) is 2.47. The molecule has 6 nitrogen and oxygen atoms in total. The second-order valence-electron chi connectivity index (χ2n) is 5.46. The Labute approximate surface area is 123 Å². The highest BCUT2D eigenvalue weighted by atomic mass is 16.5. The molecule has 1 aromatic rings. The van der Waals surface area contributed by atoms with E-state index in [2.05, 4.69) is 10.6 Å². The van der Waals surface area contributed by atoms with E-state index in [0.29, 0.717) is 17.0 Å². The molecule has 0 saturated heterocycles. The quantitative estimate of drug-likeness (QED) is 0.745. The van der Waals surface area contributed by atoms with Crippen molar-refractivity contribution in [2.45, 2.75) is 26.3 Å². The van der Waals surface area contributed by atoms with Gasteiger partial charge in [-0.2, -0.15) is 0 Å². The van der Waals surface area contributed by atoms with Gasteiger partial charge in [0.25, 0.3) is 0 Å². The molecular formula is C15H20N2O4. The average molecular weight is 292 g/mol. The van der Waals surface area contributed by atoms with Crippen molar-refractivity contribution in [2.24, 2.45) is 0 Å². The predicted octanol–water partition coefficient (Wildman–Crippen LogP) is 2.71. The summed E-state index contributed by atoms with van der Waals surface area (Å²) >= 11 is 0. The number of ether oxygens (including phenoxy) is 1. The summed E-state index contributed by atoms with van der Waals surface area (Å²) in [7, 11) is 1.49. The van der Waals surface area contributed by atoms with E-state index in [1.807, 2.05) is 20.8 Å². The first-order valence-electron chi connectivity index (χ1n) is 6.39. The third-order valence-corrected chi connectivity index (χ3v) is 2.38. The molecule has 1 rings (SSSR count). The zero-order valence-electron chi connectivity index (χ0n) is 12.6. The normalized spacial score (nSPS) is 11.2. The van der Waals surface area contributed by atoms with Crippen LogP contribution in [0, 0.1) is 0 Å². The number of carboxylic acid groups (broad SMARTS) is 1. The van der Waals surface area contributed by atoms with E-state index < -0.39 is 5.97 Å². The maximum Gasteiger partial charge on any atom is 0.328 e. The average Bonchev–Trinajstić information content (AvgIpc) is 2.34. The lowest BCUT2D eigenvalue weighted by Gasteiger charge is -2.21. The molecule has 3 N–H and O–H groups in total. The van der Waals surface area contributed by atoms with Gasteiger partial charge in [0.2, 0.25) is 0 Å². The number of carbonyl (C=O) groups excluding carboxylic acids is 1. The maximum absolute atomic E-state index is 11.9. The van der Waals surface area contributed by atoms with E-state index in [0.717, 1.165) is 6.08 Å². The Bertz CT molecular complexity index is 559. The van der Waals surface area contributed by atoms with Crippen LogP contribution < -0.4 is 15.4 Å². The van der Waals surface area contributed by atoms with Crippen molar-refractivity contribution in [2.75, 3.05) is 12.4 Å². The van der Waals surface area contributed by atoms with Crippen molar-refractivity contribution in [1.82, 2.24) is 5.32 Å². The second-order valence-corrected chi connectivity index (χ2v) is 5.46. The highest BCUT2D eigenvalue weighted by molar-refractivity contribution is 5.92. The van der Waals surface area contributed by atoms with Gasteiger partial charge in [-0.15, -0.1) is 0 Å². The van der Waals surface area contributed by atoms with Gasteiger partial charge < -0.3 is 20.5 Å². The van der Waals surface area contributed by atoms with Crippen molar-refractivity contribution < 1.29 is 19.4 Å². The maximum atomic E-state index is 11.9. The Morgan fingerprint density at radius 3 is 2.48 bits per heavy atom. The highest BCUT2D eigenvalue weighted by Crippen LogP contribution is 2.26. The number of anilines is 1. The van der Waals surface area contributed by atoms with Gasteiger partial charge in [-0.05, 0) is 44.5 Å². The van der Waals surface area contributed by atoms with Gasteiger partial charge in [-0.3, -0.25) is 0 Å². The van der Waals surface area contributed by atoms with Crippen molar-refractivity contribution in [3.8, 4) is 5.75 Å². The van der Waals surface area contributed by atoms with Gasteiger partial charge in [0.1, 0.15) is 5.75 Å². The molecule has 0 bridgehead atoms. The fourth-order valence-electron chi connectivity index (χ4n) is 1.59. The number of benzene rings is 1. The Hall–Kier alpha value is -2.50. The number of amides is 2. The molecule has 0 heterocycles. The first-order chi connectivity index (χ1) is 9.71. The monoisotopic (exact) mass is 292 g/mol. The summed E-state index contributed by atoms with van der Waals surface area (Å²) in [5.74, 6) is -0.544. The molecule has 21 heavy (non-hydrogen) atoms. The number of urea groups is 1. The van der Waals surface area contributed by atoms with Crippen molar-refractivity contribution >= 4 is 23.8 Å². The Balaban J connectivity index is 2.95. The first-order valence-corrected chi connectivity index (χ1v) is 6.39. The van der Waals surface area contributed by atoms with Gasteiger partial charge in [0.05, 0.1) is 12.8 Å². The first kappa shape index (κ1) is 16.6. The second kappa shape index (κ2) is 6.78. The lowest BCUT2D eigenvalue weighted by Crippen LogP contribution is -2.43. The summed E-state index contributed by atoms with van der Waals surface area (Å²) in [5.41, 5.74) is 0.744. The van der Waals surface area contributed by atoms with Crippen LogP contribution in [0.3, 0.4) is 0 Å². The number of carboxylic acids is 1. The van der Waals surface area contributed by atoms with Gasteiger partial charge in [0, 0.05) is 11.6 Å². The summed E-state index contributed by atoms with van der Waals surface area (Å²) in [5, 5.41) is 14.1. The third kappa shape index (κ3) is 5.99. The zero-order chi connectivity index (χ0) is 16.0. The van der Waals surface area contributed by atoms with Crippen molar-refractivity contribution in [3.63, 3.8) is 0 Å². The smallest absolute Gasteiger partial charge is 0.328 e. The van der Waals surface area contributed by atoms with Crippen molar-refractivity contribution in [3.05, 3.63) is 29.8 Å². The molecular weight excluding hydrogens is 272 g/mol. The number of hydrogen-bond acceptors (Lipinski definition) is 3. The molecule has 0 atom stereocenters. The minimum Gasteiger partial charge on any atom is -0.495 e. The summed E-state index contributed by atoms with van der Waals surface area (Å²) < 4.78 is 5.17. The number of hydrogen-bond donors (Lipinski definition) is 3. The van der Waals surface area contributed by atoms with Crippen LogP contribution >= 0.6 is 0 Å². The Kier molecular flexibility index (Phi) is 5.35. The number of nitrogens with one attached hydrogen (secondary N) is 2. The van der Waals surface area contributed by atoms with E-state index in [4.69, 9.17) is 9.84 Å². The van der Waals surface area contributed by atoms with Crippen molar-refractivity contribution in [1.29, 1.82) is 0 Å². The van der Waals surface area contributed by atoms with Crippen LogP contribution in [0.2, 0.25) is 0 Å². The summed E-state index contributed by atoms with van der Waals surface area (Å²) in [6, 6.07) is 4.64. The molecule has 0 saturated carbocycles. The van der Waals surface area contributed by atoms with Gasteiger partial charge in [0.15, 0.2) is 0 Å². The number of rotatable bonds is 4. The molecule has 0 aromatic heterocycles. The van der Waals surface area contributed by atoms with Crippen LogP contribution in [0.1, 0.15) is 26.3 Å². The van der Waals surface area contributed by atoms with Crippen LogP contribution in [0.15, 0.2) is 24.3 Å². The fourth-order valence-corrected chi connectivity index (χ4v) is 1.59. The van der Waals surface area contributed by atoms with Crippen LogP contribution in [-0.2, 0) is 4.79 Å². The largest absolute Gasteiger partial charge is 0.495 e. The molecule has 0 radical (unpaired) electrons. The fraction of sp³-hybridized carbons (Fsp3) is 0.333. The van der Waals surface area contributed by atoms with E-state index >= 15 is 0 Å². The molecule has 0 fully saturated rings. The van der Waals surface area contributed by atoms with Crippen LogP contribution in [0.4, 0.5) is 10.5 Å². The highest BCUT2D eigenvalue weighted by Gasteiger charge is 2.15. The number of methoxy groups -OCH3 is 1. The Morgan fingerprint density at radius 2 is 1.95 bits per heavy atom. The van der Waals surface area contributed by atoms with Gasteiger partial charge in [-0.1, -0.05) is 6.07 Å². The SMILES string of the molecule is COc1ccc(C=CC(=O)O)cc1NC(=O)NC(C)(C)C. The zero-order valence-corrected chi connectivity index (χ0v) is 12.6. The molecule has 114 valence electrons. The van der Waals surface area contributed by atoms with Crippen LogP contribution in [0.25, 0.3) is 6.08 Å². The predicted molar refractivity (Wildman–Crippen MR) is 81.6 cm³/mol. The number of aliphatic carboxylic acids is 1. The van der Waals surface area contributed by atoms with Crippen LogP contribution in [-0.4, -0.2) is 29.8 Å². The van der Waals surface area contributed by atoms with Gasteiger partial charge in [-0.25, -0.2) is 9.59 Å². The minimum atomic E-state index is -1.04. The molecule has 0 aliphatic heterocycles. The summed E-state index contributed by atoms with van der Waals surface area (Å²) in [6.45, 7) is 5.61. The van der Waals surface area contributed by atoms with E-state index in [9.17, 15) is 9.59 Å². The topological polar surface area (TPSA) is 87.7 Å². The third-order valence-electron chi connectivity index (χ3n) is 2.38. The molecule has 0 aliphatic carbocycles. The molecule has 0 unspecified atom stereocenters. The lowest BCUT2D eigenvalue weighted by molar-refractivity contribution is -0.131. The summed E-state index contributed by atoms with van der Waals surface area (Å²) in [4.78, 5) is 22.4. The van der Waals surface area contributed by atoms with Gasteiger partial charge >= 0.3 is 12.0 Å². The van der Waals surface area contributed by atoms with Crippen LogP contribution in [0.5, 0.6) is 5.75 Å². The molecule has 0 spiro atoms. The molecule has 6 heteroatoms. The van der Waals surface area contributed by atoms with E-state index in [1.54, 1.807) is 18.2 Å². The number of carbonyl (C=O) groups is 2. The molecule has 2 amide bonds.